The number of aryl methyl sites for hydroxylation is 1. The Morgan fingerprint density at radius 1 is 1.22 bits per heavy atom. The number of amides is 1. The minimum atomic E-state index is -0.309. The van der Waals surface area contributed by atoms with E-state index in [1.165, 1.54) is 12.1 Å². The molecule has 1 aliphatic heterocycles. The first-order chi connectivity index (χ1) is 15.3. The zero-order valence-corrected chi connectivity index (χ0v) is 18.9. The van der Waals surface area contributed by atoms with Crippen molar-refractivity contribution < 1.29 is 13.7 Å². The highest BCUT2D eigenvalue weighted by Crippen LogP contribution is 2.38. The van der Waals surface area contributed by atoms with Gasteiger partial charge in [-0.1, -0.05) is 17.3 Å². The number of halogens is 1. The number of carbonyl (C=O) groups is 1. The number of nitrogens with zero attached hydrogens (tertiary/aromatic N) is 5. The molecule has 0 spiro atoms. The van der Waals surface area contributed by atoms with Crippen LogP contribution in [0.5, 0.6) is 0 Å². The molecule has 0 aliphatic carbocycles. The lowest BCUT2D eigenvalue weighted by Gasteiger charge is -2.36. The molecule has 2 aromatic heterocycles. The number of aromatic nitrogens is 3. The molecular weight excluding hydrogens is 409 g/mol. The Hall–Kier alpha value is -3.29. The van der Waals surface area contributed by atoms with Crippen LogP contribution < -0.4 is 4.90 Å². The van der Waals surface area contributed by atoms with Crippen LogP contribution in [0.4, 0.5) is 10.3 Å². The molecule has 168 valence electrons. The summed E-state index contributed by atoms with van der Waals surface area (Å²) in [5.74, 6) is 0.910. The maximum atomic E-state index is 13.3. The van der Waals surface area contributed by atoms with Gasteiger partial charge in [-0.25, -0.2) is 14.4 Å². The number of hydrogen-bond acceptors (Lipinski definition) is 6. The van der Waals surface area contributed by atoms with Crippen molar-refractivity contribution in [2.75, 3.05) is 25.5 Å². The van der Waals surface area contributed by atoms with Gasteiger partial charge >= 0.3 is 0 Å². The summed E-state index contributed by atoms with van der Waals surface area (Å²) in [5, 5.41) is 4.10. The van der Waals surface area contributed by atoms with Gasteiger partial charge in [0.2, 0.25) is 11.9 Å². The predicted molar refractivity (Wildman–Crippen MR) is 120 cm³/mol. The van der Waals surface area contributed by atoms with Gasteiger partial charge in [-0.15, -0.1) is 0 Å². The fourth-order valence-electron chi connectivity index (χ4n) is 4.09. The van der Waals surface area contributed by atoms with E-state index in [0.717, 1.165) is 47.3 Å². The number of hydrogen-bond donors (Lipinski definition) is 0. The molecule has 0 N–H and O–H groups in total. The summed E-state index contributed by atoms with van der Waals surface area (Å²) in [4.78, 5) is 26.4. The predicted octanol–water partition coefficient (Wildman–Crippen LogP) is 4.25. The Labute approximate surface area is 187 Å². The van der Waals surface area contributed by atoms with E-state index >= 15 is 0 Å². The molecule has 1 saturated heterocycles. The van der Waals surface area contributed by atoms with Crippen LogP contribution in [0.25, 0.3) is 11.3 Å². The van der Waals surface area contributed by atoms with E-state index in [9.17, 15) is 9.18 Å². The average Bonchev–Trinajstić information content (AvgIpc) is 3.13. The van der Waals surface area contributed by atoms with Crippen molar-refractivity contribution in [3.63, 3.8) is 0 Å². The molecule has 32 heavy (non-hydrogen) atoms. The molecule has 0 bridgehead atoms. The van der Waals surface area contributed by atoms with Gasteiger partial charge in [0, 0.05) is 32.4 Å². The van der Waals surface area contributed by atoms with E-state index in [-0.39, 0.29) is 24.2 Å². The molecule has 1 fully saturated rings. The summed E-state index contributed by atoms with van der Waals surface area (Å²) < 4.78 is 18.9. The maximum Gasteiger partial charge on any atom is 0.227 e. The van der Waals surface area contributed by atoms with Crippen molar-refractivity contribution in [1.82, 2.24) is 20.0 Å². The Bertz CT molecular complexity index is 1110. The first kappa shape index (κ1) is 21.9. The number of benzene rings is 1. The summed E-state index contributed by atoms with van der Waals surface area (Å²) in [6.45, 7) is 4.51. The van der Waals surface area contributed by atoms with E-state index in [0.29, 0.717) is 18.3 Å². The molecule has 0 unspecified atom stereocenters. The van der Waals surface area contributed by atoms with Gasteiger partial charge in [0.1, 0.15) is 5.82 Å². The molecule has 4 rings (SSSR count). The van der Waals surface area contributed by atoms with Crippen molar-refractivity contribution in [3.05, 3.63) is 58.8 Å². The van der Waals surface area contributed by atoms with Gasteiger partial charge in [-0.05, 0) is 50.8 Å². The highest BCUT2D eigenvalue weighted by molar-refractivity contribution is 5.80. The summed E-state index contributed by atoms with van der Waals surface area (Å²) in [5.41, 5.74) is 4.08. The minimum absolute atomic E-state index is 0.00254. The molecule has 0 radical (unpaired) electrons. The van der Waals surface area contributed by atoms with Crippen molar-refractivity contribution in [2.45, 2.75) is 45.6 Å². The highest BCUT2D eigenvalue weighted by Gasteiger charge is 2.33. The monoisotopic (exact) mass is 437 g/mol. The second-order valence-electron chi connectivity index (χ2n) is 8.49. The standard InChI is InChI=1S/C24H28FN5O2/c1-15-16(2)28-32-23(15)19-14-26-24(29(3)4)27-22(19)20-7-5-6-12-30(20)21(31)13-17-8-10-18(25)11-9-17/h8-11,14,20H,5-7,12-13H2,1-4H3/t20-/m0/s1. The Kier molecular flexibility index (Phi) is 6.21. The third-order valence-electron chi connectivity index (χ3n) is 6.01. The van der Waals surface area contributed by atoms with Crippen molar-refractivity contribution in [2.24, 2.45) is 0 Å². The topological polar surface area (TPSA) is 75.4 Å². The lowest BCUT2D eigenvalue weighted by Crippen LogP contribution is -2.40. The van der Waals surface area contributed by atoms with Gasteiger partial charge < -0.3 is 14.3 Å². The number of rotatable bonds is 5. The normalized spacial score (nSPS) is 16.3. The highest BCUT2D eigenvalue weighted by atomic mass is 19.1. The van der Waals surface area contributed by atoms with E-state index in [2.05, 4.69) is 10.1 Å². The molecule has 8 heteroatoms. The Morgan fingerprint density at radius 3 is 2.62 bits per heavy atom. The number of piperidine rings is 1. The first-order valence-corrected chi connectivity index (χ1v) is 10.9. The molecular formula is C24H28FN5O2. The summed E-state index contributed by atoms with van der Waals surface area (Å²) in [6.07, 6.45) is 4.73. The summed E-state index contributed by atoms with van der Waals surface area (Å²) in [7, 11) is 3.78. The van der Waals surface area contributed by atoms with Crippen LogP contribution in [0.2, 0.25) is 0 Å². The average molecular weight is 438 g/mol. The van der Waals surface area contributed by atoms with Crippen LogP contribution in [0.1, 0.15) is 47.8 Å². The molecule has 1 atom stereocenters. The van der Waals surface area contributed by atoms with Gasteiger partial charge in [-0.2, -0.15) is 0 Å². The van der Waals surface area contributed by atoms with Crippen LogP contribution in [0.3, 0.4) is 0 Å². The second kappa shape index (κ2) is 9.06. The van der Waals surface area contributed by atoms with Gasteiger partial charge in [0.05, 0.1) is 29.4 Å². The van der Waals surface area contributed by atoms with Crippen LogP contribution in [-0.4, -0.2) is 46.6 Å². The first-order valence-electron chi connectivity index (χ1n) is 10.9. The minimum Gasteiger partial charge on any atom is -0.356 e. The molecule has 7 nitrogen and oxygen atoms in total. The molecule has 0 saturated carbocycles. The largest absolute Gasteiger partial charge is 0.356 e. The summed E-state index contributed by atoms with van der Waals surface area (Å²) >= 11 is 0. The van der Waals surface area contributed by atoms with Gasteiger partial charge in [-0.3, -0.25) is 4.79 Å². The lowest BCUT2D eigenvalue weighted by molar-refractivity contribution is -0.134. The molecule has 3 heterocycles. The van der Waals surface area contributed by atoms with Crippen molar-refractivity contribution in [3.8, 4) is 11.3 Å². The lowest BCUT2D eigenvalue weighted by atomic mass is 9.94. The molecule has 1 aliphatic rings. The zero-order chi connectivity index (χ0) is 22.8. The quantitative estimate of drug-likeness (QED) is 0.594. The Balaban J connectivity index is 1.73. The molecule has 3 aromatic rings. The summed E-state index contributed by atoms with van der Waals surface area (Å²) in [6, 6.07) is 5.90. The van der Waals surface area contributed by atoms with E-state index in [1.807, 2.05) is 37.7 Å². The Morgan fingerprint density at radius 2 is 1.97 bits per heavy atom. The van der Waals surface area contributed by atoms with E-state index in [4.69, 9.17) is 9.51 Å². The molecule has 1 aromatic carbocycles. The number of carbonyl (C=O) groups excluding carboxylic acids is 1. The number of anilines is 1. The van der Waals surface area contributed by atoms with Crippen LogP contribution in [0.15, 0.2) is 35.0 Å². The maximum absolute atomic E-state index is 13.3. The third kappa shape index (κ3) is 4.35. The van der Waals surface area contributed by atoms with Gasteiger partial charge in [0.25, 0.3) is 0 Å². The SMILES string of the molecule is Cc1noc(-c2cnc(N(C)C)nc2[C@@H]2CCCCN2C(=O)Cc2ccc(F)cc2)c1C. The smallest absolute Gasteiger partial charge is 0.227 e. The van der Waals surface area contributed by atoms with Crippen molar-refractivity contribution >= 4 is 11.9 Å². The molecule has 1 amide bonds. The fourth-order valence-corrected chi connectivity index (χ4v) is 4.09. The van der Waals surface area contributed by atoms with E-state index < -0.39 is 0 Å². The van der Waals surface area contributed by atoms with Gasteiger partial charge in [0.15, 0.2) is 5.76 Å². The third-order valence-corrected chi connectivity index (χ3v) is 6.01. The van der Waals surface area contributed by atoms with Crippen molar-refractivity contribution in [1.29, 1.82) is 0 Å². The van der Waals surface area contributed by atoms with Crippen LogP contribution >= 0.6 is 0 Å². The van der Waals surface area contributed by atoms with E-state index in [1.54, 1.807) is 18.3 Å². The van der Waals surface area contributed by atoms with Crippen LogP contribution in [-0.2, 0) is 11.2 Å². The fraction of sp³-hybridized carbons (Fsp3) is 0.417. The second-order valence-corrected chi connectivity index (χ2v) is 8.49. The zero-order valence-electron chi connectivity index (χ0n) is 18.9. The van der Waals surface area contributed by atoms with Crippen LogP contribution in [0, 0.1) is 19.7 Å². The number of likely N-dealkylation sites (tertiary alicyclic amines) is 1.